The average molecular weight is 367 g/mol. The van der Waals surface area contributed by atoms with Gasteiger partial charge < -0.3 is 28.7 Å². The predicted octanol–water partition coefficient (Wildman–Crippen LogP) is -4.19. The molecule has 0 aliphatic heterocycles. The smallest absolute Gasteiger partial charge is 0.813 e. The van der Waals surface area contributed by atoms with Gasteiger partial charge in [0.05, 0.1) is 0 Å². The van der Waals surface area contributed by atoms with Crippen molar-refractivity contribution in [2.45, 2.75) is 0 Å². The van der Waals surface area contributed by atoms with E-state index in [4.69, 9.17) is 28.7 Å². The first kappa shape index (κ1) is 16.7. The average Bonchev–Trinajstić information content (AvgIpc) is 1.25. The van der Waals surface area contributed by atoms with Crippen LogP contribution in [0, 0.1) is 0 Å². The largest absolute Gasteiger partial charge is 4.00 e. The van der Waals surface area contributed by atoms with E-state index < -0.39 is 16.5 Å². The summed E-state index contributed by atoms with van der Waals surface area (Å²) in [5.41, 5.74) is 0. The maximum Gasteiger partial charge on any atom is 4.00 e. The standard InChI is InChI=1S/2H3O3P.Pb/c2*1-4(2)3;/h2*4H,(H2,1,2,3);/q;;+4/p-4. The zero-order valence-electron chi connectivity index (χ0n) is 3.95. The van der Waals surface area contributed by atoms with Crippen LogP contribution in [-0.4, -0.2) is 27.3 Å². The summed E-state index contributed by atoms with van der Waals surface area (Å²) in [6.07, 6.45) is 0. The molecule has 0 fully saturated rings. The van der Waals surface area contributed by atoms with E-state index in [1.807, 2.05) is 0 Å². The maximum atomic E-state index is 8.52. The molecule has 0 radical (unpaired) electrons. The second-order valence-corrected chi connectivity index (χ2v) is 1.50. The Kier molecular flexibility index (Phi) is 22.1. The van der Waals surface area contributed by atoms with Crippen molar-refractivity contribution < 1.29 is 28.7 Å². The first-order valence-electron chi connectivity index (χ1n) is 1.22. The van der Waals surface area contributed by atoms with Gasteiger partial charge in [0.25, 0.3) is 0 Å². The first-order chi connectivity index (χ1) is 3.46. The number of hydrogen-bond acceptors (Lipinski definition) is 6. The van der Waals surface area contributed by atoms with E-state index in [0.29, 0.717) is 0 Å². The molecule has 0 aliphatic rings. The molecule has 0 amide bonds. The van der Waals surface area contributed by atoms with Crippen molar-refractivity contribution in [3.8, 4) is 0 Å². The second kappa shape index (κ2) is 12.0. The zero-order chi connectivity index (χ0) is 7.15. The van der Waals surface area contributed by atoms with Crippen LogP contribution in [0.5, 0.6) is 0 Å². The molecule has 0 aromatic carbocycles. The second-order valence-electron chi connectivity index (χ2n) is 0.500. The van der Waals surface area contributed by atoms with Crippen LogP contribution < -0.4 is 19.6 Å². The van der Waals surface area contributed by atoms with Crippen LogP contribution >= 0.6 is 16.5 Å². The summed E-state index contributed by atoms with van der Waals surface area (Å²) in [5.74, 6) is 0. The Hall–Kier alpha value is 1.22. The Bertz CT molecular complexity index is 69.1. The SMILES string of the molecule is O=[PH]([O-])[O-].O=[PH]([O-])[O-].[Pb+4]. The zero-order valence-corrected chi connectivity index (χ0v) is 9.84. The van der Waals surface area contributed by atoms with Gasteiger partial charge in [-0.25, -0.2) is 0 Å². The topological polar surface area (TPSA) is 126 Å². The van der Waals surface area contributed by atoms with Gasteiger partial charge in [0.2, 0.25) is 0 Å². The summed E-state index contributed by atoms with van der Waals surface area (Å²) in [6, 6.07) is 0. The van der Waals surface area contributed by atoms with Crippen LogP contribution in [0.3, 0.4) is 0 Å². The molecular weight excluding hydrogens is 365 g/mol. The van der Waals surface area contributed by atoms with Crippen LogP contribution in [0.25, 0.3) is 0 Å². The minimum absolute atomic E-state index is 0. The van der Waals surface area contributed by atoms with Crippen molar-refractivity contribution in [1.82, 2.24) is 0 Å². The number of hydrogen-bond donors (Lipinski definition) is 0. The minimum atomic E-state index is -3.63. The van der Waals surface area contributed by atoms with Crippen molar-refractivity contribution in [1.29, 1.82) is 0 Å². The Morgan fingerprint density at radius 2 is 0.778 bits per heavy atom. The van der Waals surface area contributed by atoms with E-state index >= 15 is 0 Å². The van der Waals surface area contributed by atoms with Crippen molar-refractivity contribution in [3.05, 3.63) is 0 Å². The van der Waals surface area contributed by atoms with E-state index in [1.54, 1.807) is 0 Å². The molecule has 0 atom stereocenters. The molecule has 0 aromatic rings. The van der Waals surface area contributed by atoms with Gasteiger partial charge in [0.1, 0.15) is 0 Å². The fourth-order valence-electron chi connectivity index (χ4n) is 0. The van der Waals surface area contributed by atoms with Gasteiger partial charge in [0, 0.05) is 0 Å². The third kappa shape index (κ3) is 322. The molecule has 9 heavy (non-hydrogen) atoms. The van der Waals surface area contributed by atoms with Crippen LogP contribution in [0.2, 0.25) is 0 Å². The van der Waals surface area contributed by atoms with E-state index in [9.17, 15) is 0 Å². The molecule has 0 N–H and O–H groups in total. The fourth-order valence-corrected chi connectivity index (χ4v) is 0. The quantitative estimate of drug-likeness (QED) is 0.316. The summed E-state index contributed by atoms with van der Waals surface area (Å²) in [5, 5.41) is 0. The van der Waals surface area contributed by atoms with Gasteiger partial charge in [-0.05, 0) is 0 Å². The Labute approximate surface area is 72.6 Å². The predicted molar refractivity (Wildman–Crippen MR) is 23.8 cm³/mol. The Morgan fingerprint density at radius 3 is 0.778 bits per heavy atom. The van der Waals surface area contributed by atoms with Gasteiger partial charge >= 0.3 is 27.3 Å². The van der Waals surface area contributed by atoms with Gasteiger partial charge in [-0.2, -0.15) is 0 Å². The first-order valence-corrected chi connectivity index (χ1v) is 3.67. The van der Waals surface area contributed by atoms with E-state index in [2.05, 4.69) is 0 Å². The van der Waals surface area contributed by atoms with Crippen molar-refractivity contribution in [2.75, 3.05) is 0 Å². The van der Waals surface area contributed by atoms with Crippen LogP contribution in [0.15, 0.2) is 0 Å². The van der Waals surface area contributed by atoms with Crippen LogP contribution in [0.4, 0.5) is 0 Å². The van der Waals surface area contributed by atoms with Gasteiger partial charge in [-0.1, -0.05) is 16.5 Å². The molecule has 0 saturated heterocycles. The Morgan fingerprint density at radius 1 is 0.778 bits per heavy atom. The summed E-state index contributed by atoms with van der Waals surface area (Å²) in [4.78, 5) is 34.1. The fraction of sp³-hybridized carbons (Fsp3) is 0. The van der Waals surface area contributed by atoms with Crippen molar-refractivity contribution in [3.63, 3.8) is 0 Å². The third-order valence-corrected chi connectivity index (χ3v) is 0. The van der Waals surface area contributed by atoms with Crippen LogP contribution in [-0.2, 0) is 9.13 Å². The summed E-state index contributed by atoms with van der Waals surface area (Å²) < 4.78 is 17.0. The molecule has 0 spiro atoms. The maximum absolute atomic E-state index is 8.52. The molecule has 52 valence electrons. The molecule has 0 saturated carbocycles. The molecule has 0 rings (SSSR count). The van der Waals surface area contributed by atoms with Crippen molar-refractivity contribution in [2.24, 2.45) is 0 Å². The molecule has 0 heterocycles. The molecule has 0 aromatic heterocycles. The summed E-state index contributed by atoms with van der Waals surface area (Å²) >= 11 is 0. The molecule has 0 unspecified atom stereocenters. The molecule has 0 aliphatic carbocycles. The normalized spacial score (nSPS) is 7.78. The van der Waals surface area contributed by atoms with Crippen molar-refractivity contribution >= 4 is 43.8 Å². The van der Waals surface area contributed by atoms with E-state index in [1.165, 1.54) is 0 Å². The van der Waals surface area contributed by atoms with Gasteiger partial charge in [0.15, 0.2) is 0 Å². The molecule has 9 heteroatoms. The van der Waals surface area contributed by atoms with E-state index in [0.717, 1.165) is 0 Å². The minimum Gasteiger partial charge on any atom is -0.813 e. The van der Waals surface area contributed by atoms with Gasteiger partial charge in [-0.3, -0.25) is 0 Å². The number of rotatable bonds is 0. The summed E-state index contributed by atoms with van der Waals surface area (Å²) in [7, 11) is -7.26. The molecule has 6 nitrogen and oxygen atoms in total. The van der Waals surface area contributed by atoms with E-state index in [-0.39, 0.29) is 27.3 Å². The Balaban J connectivity index is -0.0000000720. The molecule has 0 bridgehead atoms. The summed E-state index contributed by atoms with van der Waals surface area (Å²) in [6.45, 7) is 0. The van der Waals surface area contributed by atoms with Gasteiger partial charge in [-0.15, -0.1) is 0 Å². The van der Waals surface area contributed by atoms with Crippen LogP contribution in [0.1, 0.15) is 0 Å². The molecular formula is H2O6P2Pb. The third-order valence-electron chi connectivity index (χ3n) is 0. The monoisotopic (exact) mass is 368 g/mol.